The third-order valence-corrected chi connectivity index (χ3v) is 4.15. The Balaban J connectivity index is 3.23. The highest BCUT2D eigenvalue weighted by Gasteiger charge is 2.35. The monoisotopic (exact) mass is 427 g/mol. The predicted molar refractivity (Wildman–Crippen MR) is 86.9 cm³/mol. The highest BCUT2D eigenvalue weighted by Crippen LogP contribution is 2.38. The van der Waals surface area contributed by atoms with Crippen molar-refractivity contribution < 1.29 is 22.8 Å². The van der Waals surface area contributed by atoms with Gasteiger partial charge in [0, 0.05) is 23.0 Å². The standard InChI is InChI=1S/C15H17F3INO2/c1-8(21)4-11(9(2)22)5-10-6-12(15(16,17)18)14(20-3)13(19)7-10/h6-7,11,20H,4-5H2,1-3H3/t11-/m1/s1. The van der Waals surface area contributed by atoms with E-state index in [2.05, 4.69) is 5.32 Å². The number of benzene rings is 1. The zero-order valence-corrected chi connectivity index (χ0v) is 14.6. The van der Waals surface area contributed by atoms with E-state index in [-0.39, 0.29) is 30.1 Å². The predicted octanol–water partition coefficient (Wildman–Crippen LogP) is 4.08. The molecule has 0 aliphatic rings. The molecule has 0 aromatic heterocycles. The van der Waals surface area contributed by atoms with E-state index in [0.29, 0.717) is 9.13 Å². The van der Waals surface area contributed by atoms with Crippen LogP contribution in [-0.2, 0) is 22.2 Å². The molecule has 1 N–H and O–H groups in total. The second kappa shape index (κ2) is 7.43. The van der Waals surface area contributed by atoms with Crippen LogP contribution in [0.15, 0.2) is 12.1 Å². The Labute approximate surface area is 140 Å². The van der Waals surface area contributed by atoms with E-state index in [4.69, 9.17) is 0 Å². The molecule has 0 amide bonds. The first-order valence-electron chi connectivity index (χ1n) is 6.63. The number of hydrogen-bond acceptors (Lipinski definition) is 3. The first-order chi connectivity index (χ1) is 10.1. The minimum Gasteiger partial charge on any atom is -0.387 e. The minimum absolute atomic E-state index is 0.0165. The van der Waals surface area contributed by atoms with Crippen molar-refractivity contribution in [1.29, 1.82) is 0 Å². The summed E-state index contributed by atoms with van der Waals surface area (Å²) in [5.41, 5.74) is -0.345. The van der Waals surface area contributed by atoms with E-state index in [9.17, 15) is 22.8 Å². The Hall–Kier alpha value is -1.12. The number of rotatable bonds is 6. The van der Waals surface area contributed by atoms with Gasteiger partial charge in [0.2, 0.25) is 0 Å². The Bertz CT molecular complexity index is 585. The maximum Gasteiger partial charge on any atom is 0.418 e. The van der Waals surface area contributed by atoms with E-state index in [0.717, 1.165) is 6.07 Å². The Morgan fingerprint density at radius 2 is 1.86 bits per heavy atom. The van der Waals surface area contributed by atoms with Gasteiger partial charge < -0.3 is 10.1 Å². The van der Waals surface area contributed by atoms with Gasteiger partial charge in [0.05, 0.1) is 11.3 Å². The highest BCUT2D eigenvalue weighted by atomic mass is 127. The lowest BCUT2D eigenvalue weighted by Gasteiger charge is -2.18. The topological polar surface area (TPSA) is 46.2 Å². The SMILES string of the molecule is CNc1c(I)cc(C[C@@H](CC(C)=O)C(C)=O)cc1C(F)(F)F. The van der Waals surface area contributed by atoms with Crippen LogP contribution in [0.2, 0.25) is 0 Å². The average Bonchev–Trinajstić information content (AvgIpc) is 2.35. The number of carbonyl (C=O) groups is 2. The van der Waals surface area contributed by atoms with Crippen LogP contribution in [0.25, 0.3) is 0 Å². The smallest absolute Gasteiger partial charge is 0.387 e. The number of nitrogens with one attached hydrogen (secondary N) is 1. The summed E-state index contributed by atoms with van der Waals surface area (Å²) in [5, 5.41) is 2.56. The molecule has 0 saturated heterocycles. The maximum absolute atomic E-state index is 13.1. The van der Waals surface area contributed by atoms with Crippen molar-refractivity contribution in [3.8, 4) is 0 Å². The summed E-state index contributed by atoms with van der Waals surface area (Å²) in [7, 11) is 1.43. The molecule has 0 unspecified atom stereocenters. The molecule has 22 heavy (non-hydrogen) atoms. The largest absolute Gasteiger partial charge is 0.418 e. The van der Waals surface area contributed by atoms with Gasteiger partial charge >= 0.3 is 6.18 Å². The van der Waals surface area contributed by atoms with E-state index < -0.39 is 17.7 Å². The Morgan fingerprint density at radius 1 is 1.27 bits per heavy atom. The van der Waals surface area contributed by atoms with Crippen LogP contribution in [-0.4, -0.2) is 18.6 Å². The van der Waals surface area contributed by atoms with Gasteiger partial charge in [-0.25, -0.2) is 0 Å². The van der Waals surface area contributed by atoms with Crippen LogP contribution in [0.5, 0.6) is 0 Å². The van der Waals surface area contributed by atoms with E-state index in [1.807, 2.05) is 22.6 Å². The van der Waals surface area contributed by atoms with Crippen LogP contribution < -0.4 is 5.32 Å². The van der Waals surface area contributed by atoms with Crippen molar-refractivity contribution in [3.05, 3.63) is 26.8 Å². The number of ketones is 2. The van der Waals surface area contributed by atoms with Gasteiger partial charge in [0.15, 0.2) is 0 Å². The van der Waals surface area contributed by atoms with Crippen LogP contribution in [0.1, 0.15) is 31.4 Å². The number of anilines is 1. The quantitative estimate of drug-likeness (QED) is 0.697. The summed E-state index contributed by atoms with van der Waals surface area (Å²) in [6.07, 6.45) is -4.32. The van der Waals surface area contributed by atoms with Crippen molar-refractivity contribution in [2.24, 2.45) is 5.92 Å². The van der Waals surface area contributed by atoms with Crippen molar-refractivity contribution in [3.63, 3.8) is 0 Å². The molecule has 0 bridgehead atoms. The lowest BCUT2D eigenvalue weighted by Crippen LogP contribution is -2.18. The normalized spacial score (nSPS) is 12.9. The molecular weight excluding hydrogens is 410 g/mol. The molecular formula is C15H17F3INO2. The number of Topliss-reactive ketones (excluding diaryl/α,β-unsaturated/α-hetero) is 2. The van der Waals surface area contributed by atoms with Gasteiger partial charge in [0.25, 0.3) is 0 Å². The molecule has 0 radical (unpaired) electrons. The fourth-order valence-corrected chi connectivity index (χ4v) is 3.21. The first kappa shape index (κ1) is 18.9. The Kier molecular flexibility index (Phi) is 6.39. The second-order valence-electron chi connectivity index (χ2n) is 5.17. The van der Waals surface area contributed by atoms with E-state index >= 15 is 0 Å². The Morgan fingerprint density at radius 3 is 2.27 bits per heavy atom. The number of hydrogen-bond donors (Lipinski definition) is 1. The van der Waals surface area contributed by atoms with Crippen LogP contribution >= 0.6 is 22.6 Å². The molecule has 3 nitrogen and oxygen atoms in total. The fraction of sp³-hybridized carbons (Fsp3) is 0.467. The van der Waals surface area contributed by atoms with Crippen LogP contribution in [0, 0.1) is 9.49 Å². The van der Waals surface area contributed by atoms with Gasteiger partial charge in [-0.1, -0.05) is 0 Å². The number of alkyl halides is 3. The first-order valence-corrected chi connectivity index (χ1v) is 7.71. The molecule has 122 valence electrons. The van der Waals surface area contributed by atoms with Crippen molar-refractivity contribution in [1.82, 2.24) is 0 Å². The van der Waals surface area contributed by atoms with Crippen LogP contribution in [0.3, 0.4) is 0 Å². The van der Waals surface area contributed by atoms with E-state index in [1.54, 1.807) is 6.07 Å². The van der Waals surface area contributed by atoms with Crippen molar-refractivity contribution in [2.45, 2.75) is 32.9 Å². The lowest BCUT2D eigenvalue weighted by molar-refractivity contribution is -0.137. The summed E-state index contributed by atoms with van der Waals surface area (Å²) < 4.78 is 39.8. The highest BCUT2D eigenvalue weighted by molar-refractivity contribution is 14.1. The third kappa shape index (κ3) is 4.96. The molecule has 1 aromatic carbocycles. The number of halogens is 4. The summed E-state index contributed by atoms with van der Waals surface area (Å²) in [4.78, 5) is 22.8. The summed E-state index contributed by atoms with van der Waals surface area (Å²) in [6, 6.07) is 2.65. The number of carbonyl (C=O) groups excluding carboxylic acids is 2. The molecule has 0 heterocycles. The summed E-state index contributed by atoms with van der Waals surface area (Å²) >= 11 is 1.83. The average molecular weight is 427 g/mol. The molecule has 1 aromatic rings. The summed E-state index contributed by atoms with van der Waals surface area (Å²) in [5.74, 6) is -0.941. The van der Waals surface area contributed by atoms with Crippen molar-refractivity contribution in [2.75, 3.05) is 12.4 Å². The second-order valence-corrected chi connectivity index (χ2v) is 6.33. The molecule has 0 spiro atoms. The van der Waals surface area contributed by atoms with Gasteiger partial charge in [0.1, 0.15) is 11.6 Å². The zero-order valence-electron chi connectivity index (χ0n) is 12.5. The molecule has 0 aliphatic heterocycles. The molecule has 0 fully saturated rings. The maximum atomic E-state index is 13.1. The molecule has 1 rings (SSSR count). The summed E-state index contributed by atoms with van der Waals surface area (Å²) in [6.45, 7) is 2.72. The van der Waals surface area contributed by atoms with Crippen molar-refractivity contribution >= 4 is 39.8 Å². The van der Waals surface area contributed by atoms with Crippen LogP contribution in [0.4, 0.5) is 18.9 Å². The van der Waals surface area contributed by atoms with E-state index in [1.165, 1.54) is 20.9 Å². The lowest BCUT2D eigenvalue weighted by atomic mass is 9.90. The fourth-order valence-electron chi connectivity index (χ4n) is 2.25. The molecule has 1 atom stereocenters. The molecule has 7 heteroatoms. The van der Waals surface area contributed by atoms with Gasteiger partial charge in [-0.3, -0.25) is 4.79 Å². The minimum atomic E-state index is -4.49. The van der Waals surface area contributed by atoms with Gasteiger partial charge in [-0.2, -0.15) is 13.2 Å². The van der Waals surface area contributed by atoms with Gasteiger partial charge in [-0.15, -0.1) is 0 Å². The zero-order chi connectivity index (χ0) is 17.1. The molecule has 0 aliphatic carbocycles. The molecule has 0 saturated carbocycles. The van der Waals surface area contributed by atoms with Gasteiger partial charge in [-0.05, 0) is 60.6 Å². The third-order valence-electron chi connectivity index (χ3n) is 3.30.